The van der Waals surface area contributed by atoms with Crippen LogP contribution in [0.2, 0.25) is 0 Å². The molecular formula is C15H18BrNO2S. The first-order valence-corrected chi connectivity index (χ1v) is 8.72. The molecule has 0 aliphatic rings. The molecule has 0 saturated heterocycles. The van der Waals surface area contributed by atoms with Crippen LogP contribution in [0, 0.1) is 0 Å². The summed E-state index contributed by atoms with van der Waals surface area (Å²) in [6, 6.07) is 11.4. The molecule has 1 heterocycles. The number of hydrogen-bond acceptors (Lipinski definition) is 3. The van der Waals surface area contributed by atoms with Gasteiger partial charge in [-0.3, -0.25) is 4.21 Å². The molecule has 0 radical (unpaired) electrons. The molecule has 108 valence electrons. The van der Waals surface area contributed by atoms with E-state index in [1.165, 1.54) is 0 Å². The predicted octanol–water partition coefficient (Wildman–Crippen LogP) is 3.85. The summed E-state index contributed by atoms with van der Waals surface area (Å²) < 4.78 is 18.9. The van der Waals surface area contributed by atoms with E-state index >= 15 is 0 Å². The third-order valence-corrected chi connectivity index (χ3v) is 4.67. The fourth-order valence-electron chi connectivity index (χ4n) is 1.78. The summed E-state index contributed by atoms with van der Waals surface area (Å²) in [5.41, 5.74) is 0. The summed E-state index contributed by atoms with van der Waals surface area (Å²) in [7, 11) is -1.07. The van der Waals surface area contributed by atoms with Gasteiger partial charge in [-0.15, -0.1) is 0 Å². The van der Waals surface area contributed by atoms with Crippen molar-refractivity contribution >= 4 is 26.7 Å². The minimum atomic E-state index is -1.07. The second kappa shape index (κ2) is 7.76. The maximum absolute atomic E-state index is 12.2. The minimum absolute atomic E-state index is 0.412. The number of hydrogen-bond donors (Lipinski definition) is 1. The molecule has 1 N–H and O–H groups in total. The molecule has 0 bridgehead atoms. The van der Waals surface area contributed by atoms with Crippen molar-refractivity contribution in [3.8, 4) is 0 Å². The van der Waals surface area contributed by atoms with Gasteiger partial charge in [-0.1, -0.05) is 22.9 Å². The van der Waals surface area contributed by atoms with Crippen molar-refractivity contribution in [2.24, 2.45) is 0 Å². The van der Waals surface area contributed by atoms with Crippen molar-refractivity contribution in [3.63, 3.8) is 0 Å². The van der Waals surface area contributed by atoms with E-state index in [9.17, 15) is 4.21 Å². The summed E-state index contributed by atoms with van der Waals surface area (Å²) in [4.78, 5) is 0.815. The standard InChI is InChI=1S/C15H18BrNO2S/c1-2-9-17-10-13-5-6-14(19-13)11-20(18)15-7-3-12(16)4-8-15/h3-8,17H,2,9-11H2,1H3. The zero-order chi connectivity index (χ0) is 14.4. The van der Waals surface area contributed by atoms with E-state index in [0.29, 0.717) is 5.75 Å². The number of rotatable bonds is 7. The van der Waals surface area contributed by atoms with Crippen LogP contribution in [-0.4, -0.2) is 10.8 Å². The Bertz CT molecular complexity index is 566. The highest BCUT2D eigenvalue weighted by atomic mass is 79.9. The molecule has 0 fully saturated rings. The number of nitrogens with one attached hydrogen (secondary N) is 1. The molecule has 1 unspecified atom stereocenters. The van der Waals surface area contributed by atoms with Gasteiger partial charge in [0.05, 0.1) is 23.1 Å². The Morgan fingerprint density at radius 1 is 1.15 bits per heavy atom. The van der Waals surface area contributed by atoms with Gasteiger partial charge in [-0.2, -0.15) is 0 Å². The maximum atomic E-state index is 12.2. The highest BCUT2D eigenvalue weighted by molar-refractivity contribution is 9.10. The van der Waals surface area contributed by atoms with E-state index in [1.807, 2.05) is 36.4 Å². The van der Waals surface area contributed by atoms with Crippen molar-refractivity contribution in [1.29, 1.82) is 0 Å². The number of furan rings is 1. The van der Waals surface area contributed by atoms with E-state index in [1.54, 1.807) is 0 Å². The number of benzene rings is 1. The maximum Gasteiger partial charge on any atom is 0.118 e. The largest absolute Gasteiger partial charge is 0.464 e. The van der Waals surface area contributed by atoms with Gasteiger partial charge in [0.2, 0.25) is 0 Å². The third-order valence-electron chi connectivity index (χ3n) is 2.79. The Kier molecular flexibility index (Phi) is 6.01. The van der Waals surface area contributed by atoms with Gasteiger partial charge in [0.25, 0.3) is 0 Å². The second-order valence-corrected chi connectivity index (χ2v) is 6.86. The first-order chi connectivity index (χ1) is 9.69. The lowest BCUT2D eigenvalue weighted by atomic mass is 10.4. The van der Waals surface area contributed by atoms with Crippen LogP contribution in [0.3, 0.4) is 0 Å². The monoisotopic (exact) mass is 355 g/mol. The summed E-state index contributed by atoms with van der Waals surface area (Å²) in [6.07, 6.45) is 1.10. The summed E-state index contributed by atoms with van der Waals surface area (Å²) in [6.45, 7) is 3.82. The molecular weight excluding hydrogens is 338 g/mol. The Labute approximate surface area is 130 Å². The molecule has 2 rings (SSSR count). The summed E-state index contributed by atoms with van der Waals surface area (Å²) in [5.74, 6) is 2.07. The Balaban J connectivity index is 1.92. The zero-order valence-electron chi connectivity index (χ0n) is 11.4. The summed E-state index contributed by atoms with van der Waals surface area (Å²) >= 11 is 3.37. The minimum Gasteiger partial charge on any atom is -0.464 e. The molecule has 3 nitrogen and oxygen atoms in total. The number of halogens is 1. The molecule has 0 aliphatic heterocycles. The van der Waals surface area contributed by atoms with Gasteiger partial charge in [-0.25, -0.2) is 0 Å². The van der Waals surface area contributed by atoms with Gasteiger partial charge in [0, 0.05) is 9.37 Å². The first kappa shape index (κ1) is 15.5. The van der Waals surface area contributed by atoms with Gasteiger partial charge >= 0.3 is 0 Å². The Morgan fingerprint density at radius 3 is 2.55 bits per heavy atom. The molecule has 2 aromatic rings. The Morgan fingerprint density at radius 2 is 1.85 bits per heavy atom. The fourth-order valence-corrected chi connectivity index (χ4v) is 3.07. The molecule has 20 heavy (non-hydrogen) atoms. The molecule has 0 spiro atoms. The highest BCUT2D eigenvalue weighted by Crippen LogP contribution is 2.17. The predicted molar refractivity (Wildman–Crippen MR) is 85.0 cm³/mol. The van der Waals surface area contributed by atoms with Gasteiger partial charge in [0.15, 0.2) is 0 Å². The fraction of sp³-hybridized carbons (Fsp3) is 0.333. The molecule has 0 aliphatic carbocycles. The molecule has 0 amide bonds. The summed E-state index contributed by atoms with van der Waals surface area (Å²) in [5, 5.41) is 3.28. The van der Waals surface area contributed by atoms with E-state index in [0.717, 1.165) is 40.4 Å². The van der Waals surface area contributed by atoms with E-state index in [4.69, 9.17) is 4.42 Å². The average molecular weight is 356 g/mol. The van der Waals surface area contributed by atoms with Gasteiger partial charge in [-0.05, 0) is 49.4 Å². The van der Waals surface area contributed by atoms with Crippen molar-refractivity contribution < 1.29 is 8.63 Å². The molecule has 1 aromatic heterocycles. The van der Waals surface area contributed by atoms with E-state index in [-0.39, 0.29) is 0 Å². The van der Waals surface area contributed by atoms with Crippen molar-refractivity contribution in [2.75, 3.05) is 6.54 Å². The van der Waals surface area contributed by atoms with E-state index < -0.39 is 10.8 Å². The topological polar surface area (TPSA) is 42.2 Å². The van der Waals surface area contributed by atoms with Crippen LogP contribution in [-0.2, 0) is 23.1 Å². The highest BCUT2D eigenvalue weighted by Gasteiger charge is 2.09. The normalized spacial score (nSPS) is 12.5. The van der Waals surface area contributed by atoms with Crippen LogP contribution < -0.4 is 5.32 Å². The zero-order valence-corrected chi connectivity index (χ0v) is 13.8. The van der Waals surface area contributed by atoms with Crippen LogP contribution in [0.1, 0.15) is 24.9 Å². The van der Waals surface area contributed by atoms with Crippen LogP contribution in [0.15, 0.2) is 50.2 Å². The lowest BCUT2D eigenvalue weighted by molar-refractivity contribution is 0.458. The van der Waals surface area contributed by atoms with Gasteiger partial charge in [0.1, 0.15) is 11.5 Å². The quantitative estimate of drug-likeness (QED) is 0.767. The van der Waals surface area contributed by atoms with Crippen LogP contribution in [0.5, 0.6) is 0 Å². The third kappa shape index (κ3) is 4.58. The lowest BCUT2D eigenvalue weighted by Crippen LogP contribution is -2.13. The molecule has 1 atom stereocenters. The van der Waals surface area contributed by atoms with Crippen molar-refractivity contribution in [2.45, 2.75) is 30.5 Å². The van der Waals surface area contributed by atoms with Crippen LogP contribution in [0.25, 0.3) is 0 Å². The lowest BCUT2D eigenvalue weighted by Gasteiger charge is -2.01. The average Bonchev–Trinajstić information content (AvgIpc) is 2.87. The van der Waals surface area contributed by atoms with Crippen molar-refractivity contribution in [3.05, 3.63) is 52.4 Å². The van der Waals surface area contributed by atoms with Crippen LogP contribution >= 0.6 is 15.9 Å². The van der Waals surface area contributed by atoms with Crippen LogP contribution in [0.4, 0.5) is 0 Å². The van der Waals surface area contributed by atoms with E-state index in [2.05, 4.69) is 28.2 Å². The van der Waals surface area contributed by atoms with Gasteiger partial charge < -0.3 is 9.73 Å². The van der Waals surface area contributed by atoms with Crippen molar-refractivity contribution in [1.82, 2.24) is 5.32 Å². The molecule has 5 heteroatoms. The second-order valence-electron chi connectivity index (χ2n) is 4.49. The Hall–Kier alpha value is -0.910. The molecule has 1 aromatic carbocycles. The SMILES string of the molecule is CCCNCc1ccc(CS(=O)c2ccc(Br)cc2)o1. The molecule has 0 saturated carbocycles. The first-order valence-electron chi connectivity index (χ1n) is 6.61. The smallest absolute Gasteiger partial charge is 0.118 e.